The summed E-state index contributed by atoms with van der Waals surface area (Å²) in [6.07, 6.45) is 1.28. The maximum Gasteiger partial charge on any atom is 0.194 e. The lowest BCUT2D eigenvalue weighted by atomic mass is 10.4. The Hall–Kier alpha value is -0.640. The summed E-state index contributed by atoms with van der Waals surface area (Å²) in [4.78, 5) is 5.50. The van der Waals surface area contributed by atoms with Crippen LogP contribution < -0.4 is 5.32 Å². The van der Waals surface area contributed by atoms with Crippen molar-refractivity contribution in [3.05, 3.63) is 17.3 Å². The molecule has 0 radical (unpaired) electrons. The number of rotatable bonds is 9. The lowest BCUT2D eigenvalue weighted by Gasteiger charge is -2.08. The van der Waals surface area contributed by atoms with E-state index in [-0.39, 0.29) is 6.61 Å². The highest BCUT2D eigenvalue weighted by Crippen LogP contribution is 2.26. The molecule has 112 valence electrons. The predicted octanol–water partition coefficient (Wildman–Crippen LogP) is 0.577. The zero-order valence-electron chi connectivity index (χ0n) is 11.3. The van der Waals surface area contributed by atoms with Crippen LogP contribution in [0.4, 0.5) is 0 Å². The molecule has 0 aromatic carbocycles. The monoisotopic (exact) mass is 317 g/mol. The molecule has 8 heteroatoms. The van der Waals surface area contributed by atoms with Crippen LogP contribution in [0.2, 0.25) is 0 Å². The van der Waals surface area contributed by atoms with Gasteiger partial charge in [-0.2, -0.15) is 0 Å². The Balaban J connectivity index is 2.05. The molecule has 2 rings (SSSR count). The molecule has 2 aromatic heterocycles. The van der Waals surface area contributed by atoms with Gasteiger partial charge in [0.1, 0.15) is 5.03 Å². The number of hydrogen-bond acceptors (Lipinski definition) is 7. The quantitative estimate of drug-likeness (QED) is 0.464. The van der Waals surface area contributed by atoms with Crippen LogP contribution in [0.25, 0.3) is 4.96 Å². The fourth-order valence-electron chi connectivity index (χ4n) is 1.70. The Morgan fingerprint density at radius 2 is 2.45 bits per heavy atom. The second-order valence-corrected chi connectivity index (χ2v) is 6.12. The minimum atomic E-state index is -0.714. The number of methoxy groups -OCH3 is 1. The standard InChI is InChI=1S/C12H19N3O3S2/c1-18-4-2-13-6-10-11(20-8-9(17)7-16)14-12-15(10)3-5-19-12/h3,5,9,13,16-17H,2,4,6-8H2,1H3. The van der Waals surface area contributed by atoms with Crippen molar-refractivity contribution in [2.45, 2.75) is 17.7 Å². The van der Waals surface area contributed by atoms with Crippen molar-refractivity contribution < 1.29 is 14.9 Å². The Morgan fingerprint density at radius 1 is 1.60 bits per heavy atom. The molecule has 3 N–H and O–H groups in total. The molecule has 0 spiro atoms. The first kappa shape index (κ1) is 15.7. The topological polar surface area (TPSA) is 79.0 Å². The average molecular weight is 317 g/mol. The number of ether oxygens (including phenoxy) is 1. The fourth-order valence-corrected chi connectivity index (χ4v) is 3.43. The van der Waals surface area contributed by atoms with Gasteiger partial charge in [0.05, 0.1) is 25.0 Å². The van der Waals surface area contributed by atoms with Gasteiger partial charge in [0.2, 0.25) is 0 Å². The molecule has 0 saturated carbocycles. The molecule has 1 unspecified atom stereocenters. The summed E-state index contributed by atoms with van der Waals surface area (Å²) in [6.45, 7) is 1.91. The van der Waals surface area contributed by atoms with Crippen molar-refractivity contribution in [2.24, 2.45) is 0 Å². The molecule has 20 heavy (non-hydrogen) atoms. The first-order valence-electron chi connectivity index (χ1n) is 6.32. The first-order chi connectivity index (χ1) is 9.76. The SMILES string of the molecule is COCCNCc1c(SCC(O)CO)nc2sccn12. The Kier molecular flexibility index (Phi) is 6.27. The Labute approximate surface area is 125 Å². The highest BCUT2D eigenvalue weighted by molar-refractivity contribution is 7.99. The summed E-state index contributed by atoms with van der Waals surface area (Å²) in [6, 6.07) is 0. The minimum absolute atomic E-state index is 0.226. The van der Waals surface area contributed by atoms with Crippen LogP contribution in [0.3, 0.4) is 0 Å². The van der Waals surface area contributed by atoms with Gasteiger partial charge in [0.25, 0.3) is 0 Å². The zero-order chi connectivity index (χ0) is 14.4. The lowest BCUT2D eigenvalue weighted by Crippen LogP contribution is -2.20. The number of hydrogen-bond donors (Lipinski definition) is 3. The number of nitrogens with one attached hydrogen (secondary N) is 1. The number of aliphatic hydroxyl groups is 2. The summed E-state index contributed by atoms with van der Waals surface area (Å²) in [5.74, 6) is 0.437. The smallest absolute Gasteiger partial charge is 0.194 e. The highest BCUT2D eigenvalue weighted by atomic mass is 32.2. The van der Waals surface area contributed by atoms with Crippen LogP contribution in [-0.4, -0.2) is 58.3 Å². The lowest BCUT2D eigenvalue weighted by molar-refractivity contribution is 0.113. The third-order valence-corrected chi connectivity index (χ3v) is 4.63. The third kappa shape index (κ3) is 3.94. The molecule has 0 bridgehead atoms. The first-order valence-corrected chi connectivity index (χ1v) is 8.18. The molecule has 2 heterocycles. The molecule has 0 saturated heterocycles. The van der Waals surface area contributed by atoms with Crippen molar-refractivity contribution >= 4 is 28.1 Å². The Morgan fingerprint density at radius 3 is 3.20 bits per heavy atom. The van der Waals surface area contributed by atoms with Crippen LogP contribution in [-0.2, 0) is 11.3 Å². The van der Waals surface area contributed by atoms with E-state index < -0.39 is 6.10 Å². The van der Waals surface area contributed by atoms with Gasteiger partial charge in [-0.1, -0.05) is 0 Å². The molecule has 0 fully saturated rings. The molecule has 6 nitrogen and oxygen atoms in total. The average Bonchev–Trinajstić information content (AvgIpc) is 3.02. The van der Waals surface area contributed by atoms with Gasteiger partial charge < -0.3 is 20.3 Å². The van der Waals surface area contributed by atoms with E-state index in [9.17, 15) is 5.11 Å². The van der Waals surface area contributed by atoms with Gasteiger partial charge in [0.15, 0.2) is 4.96 Å². The van der Waals surface area contributed by atoms with Gasteiger partial charge in [-0.25, -0.2) is 4.98 Å². The number of nitrogens with zero attached hydrogens (tertiary/aromatic N) is 2. The highest BCUT2D eigenvalue weighted by Gasteiger charge is 2.14. The molecule has 1 atom stereocenters. The van der Waals surface area contributed by atoms with Crippen LogP contribution >= 0.6 is 23.1 Å². The molecule has 2 aromatic rings. The van der Waals surface area contributed by atoms with Crippen molar-refractivity contribution in [2.75, 3.05) is 32.6 Å². The predicted molar refractivity (Wildman–Crippen MR) is 80.5 cm³/mol. The zero-order valence-corrected chi connectivity index (χ0v) is 12.9. The van der Waals surface area contributed by atoms with E-state index in [1.54, 1.807) is 18.4 Å². The van der Waals surface area contributed by atoms with Crippen LogP contribution in [0.15, 0.2) is 16.6 Å². The van der Waals surface area contributed by atoms with Crippen molar-refractivity contribution in [3.63, 3.8) is 0 Å². The maximum absolute atomic E-state index is 9.45. The molecule has 0 aliphatic carbocycles. The summed E-state index contributed by atoms with van der Waals surface area (Å²) in [7, 11) is 1.68. The van der Waals surface area contributed by atoms with Crippen LogP contribution in [0.1, 0.15) is 5.69 Å². The molecule has 0 amide bonds. The van der Waals surface area contributed by atoms with Gasteiger partial charge >= 0.3 is 0 Å². The minimum Gasteiger partial charge on any atom is -0.394 e. The van der Waals surface area contributed by atoms with Gasteiger partial charge in [0, 0.05) is 37.5 Å². The summed E-state index contributed by atoms with van der Waals surface area (Å²) >= 11 is 3.05. The van der Waals surface area contributed by atoms with Gasteiger partial charge in [-0.15, -0.1) is 23.1 Å². The van der Waals surface area contributed by atoms with Crippen LogP contribution in [0.5, 0.6) is 0 Å². The van der Waals surface area contributed by atoms with E-state index in [1.165, 1.54) is 11.8 Å². The largest absolute Gasteiger partial charge is 0.394 e. The van der Waals surface area contributed by atoms with Crippen molar-refractivity contribution in [3.8, 4) is 0 Å². The third-order valence-electron chi connectivity index (χ3n) is 2.72. The van der Waals surface area contributed by atoms with Gasteiger partial charge in [-0.3, -0.25) is 4.40 Å². The number of aromatic nitrogens is 2. The maximum atomic E-state index is 9.45. The van der Waals surface area contributed by atoms with Crippen molar-refractivity contribution in [1.82, 2.24) is 14.7 Å². The van der Waals surface area contributed by atoms with E-state index in [2.05, 4.69) is 14.7 Å². The van der Waals surface area contributed by atoms with E-state index in [0.29, 0.717) is 18.9 Å². The van der Waals surface area contributed by atoms with Crippen molar-refractivity contribution in [1.29, 1.82) is 0 Å². The Bertz CT molecular complexity index is 529. The normalized spacial score (nSPS) is 13.2. The second-order valence-electron chi connectivity index (χ2n) is 4.24. The summed E-state index contributed by atoms with van der Waals surface area (Å²) in [5.41, 5.74) is 1.08. The molecular weight excluding hydrogens is 298 g/mol. The summed E-state index contributed by atoms with van der Waals surface area (Å²) < 4.78 is 7.06. The summed E-state index contributed by atoms with van der Waals surface area (Å²) in [5, 5.41) is 24.5. The number of thiazole rings is 1. The number of thioether (sulfide) groups is 1. The van der Waals surface area contributed by atoms with E-state index in [0.717, 1.165) is 22.2 Å². The van der Waals surface area contributed by atoms with E-state index >= 15 is 0 Å². The fraction of sp³-hybridized carbons (Fsp3) is 0.583. The number of fused-ring (bicyclic) bond motifs is 1. The van der Waals surface area contributed by atoms with E-state index in [1.807, 2.05) is 11.6 Å². The molecular formula is C12H19N3O3S2. The number of aliphatic hydroxyl groups excluding tert-OH is 2. The second kappa shape index (κ2) is 7.96. The molecule has 0 aliphatic rings. The van der Waals surface area contributed by atoms with Crippen LogP contribution in [0, 0.1) is 0 Å². The molecule has 0 aliphatic heterocycles. The van der Waals surface area contributed by atoms with E-state index in [4.69, 9.17) is 9.84 Å². The number of imidazole rings is 1. The van der Waals surface area contributed by atoms with Gasteiger partial charge in [-0.05, 0) is 0 Å².